The van der Waals surface area contributed by atoms with Crippen LogP contribution in [0.2, 0.25) is 0 Å². The van der Waals surface area contributed by atoms with Crippen LogP contribution in [-0.2, 0) is 22.6 Å². The van der Waals surface area contributed by atoms with E-state index in [1.807, 2.05) is 0 Å². The van der Waals surface area contributed by atoms with Gasteiger partial charge in [0.1, 0.15) is 5.65 Å². The van der Waals surface area contributed by atoms with E-state index < -0.39 is 6.61 Å². The Morgan fingerprint density at radius 2 is 2.11 bits per heavy atom. The monoisotopic (exact) mass is 502 g/mol. The summed E-state index contributed by atoms with van der Waals surface area (Å²) in [5.74, 6) is 0.200. The van der Waals surface area contributed by atoms with Crippen LogP contribution in [0.4, 0.5) is 20.4 Å². The van der Waals surface area contributed by atoms with E-state index in [0.717, 1.165) is 5.39 Å². The Kier molecular flexibility index (Phi) is 8.00. The number of aromatic nitrogens is 5. The lowest BCUT2D eigenvalue weighted by Crippen LogP contribution is -2.54. The number of piperazine rings is 1. The summed E-state index contributed by atoms with van der Waals surface area (Å²) in [6.07, 6.45) is 6.10. The third-order valence-corrected chi connectivity index (χ3v) is 6.04. The van der Waals surface area contributed by atoms with Crippen molar-refractivity contribution in [1.82, 2.24) is 34.1 Å². The first-order chi connectivity index (χ1) is 17.3. The third kappa shape index (κ3) is 6.10. The molecular weight excluding hydrogens is 474 g/mol. The standard InChI is InChI=1S/C23H28F2N8O3/c1-3-19(34)31-7-6-30(16(2)14-31)8-9-33-20(35)5-4-17-12-26-23(29-21(17)33)28-18-13-27-32(15-18)10-11-36-22(24)25/h3-5,12-13,15-16,22H,1,6-11,14H2,2H3,(H,26,28,29)/t16-/m0/s1. The summed E-state index contributed by atoms with van der Waals surface area (Å²) < 4.78 is 31.6. The molecular formula is C23H28F2N8O3. The number of nitrogens with zero attached hydrogens (tertiary/aromatic N) is 7. The zero-order valence-corrected chi connectivity index (χ0v) is 19.9. The largest absolute Gasteiger partial charge is 0.345 e. The highest BCUT2D eigenvalue weighted by atomic mass is 19.3. The lowest BCUT2D eigenvalue weighted by molar-refractivity contribution is -0.131. The van der Waals surface area contributed by atoms with E-state index in [2.05, 4.69) is 43.5 Å². The summed E-state index contributed by atoms with van der Waals surface area (Å²) in [7, 11) is 0. The van der Waals surface area contributed by atoms with Crippen LogP contribution in [0.15, 0.2) is 48.2 Å². The molecule has 1 atom stereocenters. The van der Waals surface area contributed by atoms with Crippen LogP contribution in [0.25, 0.3) is 11.0 Å². The minimum atomic E-state index is -2.82. The van der Waals surface area contributed by atoms with Gasteiger partial charge in [-0.05, 0) is 19.1 Å². The van der Waals surface area contributed by atoms with Gasteiger partial charge >= 0.3 is 6.61 Å². The average molecular weight is 503 g/mol. The van der Waals surface area contributed by atoms with Crippen LogP contribution in [0.1, 0.15) is 6.92 Å². The van der Waals surface area contributed by atoms with Crippen LogP contribution in [0.5, 0.6) is 0 Å². The van der Waals surface area contributed by atoms with Crippen molar-refractivity contribution in [2.45, 2.75) is 32.7 Å². The average Bonchev–Trinajstić information content (AvgIpc) is 3.30. The topological polar surface area (TPSA) is 110 Å². The normalized spacial score (nSPS) is 16.6. The Morgan fingerprint density at radius 1 is 1.28 bits per heavy atom. The number of hydrogen-bond acceptors (Lipinski definition) is 8. The van der Waals surface area contributed by atoms with Crippen LogP contribution in [-0.4, -0.2) is 85.5 Å². The van der Waals surface area contributed by atoms with Crippen molar-refractivity contribution in [2.24, 2.45) is 0 Å². The van der Waals surface area contributed by atoms with Gasteiger partial charge in [0.25, 0.3) is 5.56 Å². The fourth-order valence-corrected chi connectivity index (χ4v) is 4.15. The SMILES string of the molecule is C=CC(=O)N1CCN(CCn2c(=O)ccc3cnc(Nc4cnn(CCOC(F)F)c4)nc32)[C@@H](C)C1. The number of carbonyl (C=O) groups is 1. The Hall–Kier alpha value is -3.71. The van der Waals surface area contributed by atoms with Gasteiger partial charge < -0.3 is 15.0 Å². The molecule has 1 N–H and O–H groups in total. The molecule has 4 heterocycles. The second-order valence-electron chi connectivity index (χ2n) is 8.42. The Bertz CT molecular complexity index is 1280. The first kappa shape index (κ1) is 25.4. The molecule has 3 aromatic rings. The highest BCUT2D eigenvalue weighted by Gasteiger charge is 2.25. The van der Waals surface area contributed by atoms with Gasteiger partial charge in [-0.25, -0.2) is 4.98 Å². The number of rotatable bonds is 10. The number of fused-ring (bicyclic) bond motifs is 1. The highest BCUT2D eigenvalue weighted by molar-refractivity contribution is 5.87. The highest BCUT2D eigenvalue weighted by Crippen LogP contribution is 2.16. The Balaban J connectivity index is 1.45. The van der Waals surface area contributed by atoms with Crippen molar-refractivity contribution in [2.75, 3.05) is 38.1 Å². The predicted molar refractivity (Wildman–Crippen MR) is 129 cm³/mol. The van der Waals surface area contributed by atoms with Crippen molar-refractivity contribution < 1.29 is 18.3 Å². The van der Waals surface area contributed by atoms with E-state index in [-0.39, 0.29) is 36.6 Å². The number of alkyl halides is 2. The van der Waals surface area contributed by atoms with E-state index in [4.69, 9.17) is 0 Å². The Labute approximate surface area is 206 Å². The fourth-order valence-electron chi connectivity index (χ4n) is 4.15. The number of nitrogens with one attached hydrogen (secondary N) is 1. The molecule has 1 amide bonds. The zero-order chi connectivity index (χ0) is 25.7. The van der Waals surface area contributed by atoms with Crippen molar-refractivity contribution in [3.8, 4) is 0 Å². The molecule has 1 aliphatic heterocycles. The summed E-state index contributed by atoms with van der Waals surface area (Å²) in [4.78, 5) is 37.5. The second kappa shape index (κ2) is 11.4. The molecule has 1 aliphatic rings. The van der Waals surface area contributed by atoms with E-state index >= 15 is 0 Å². The molecule has 0 bridgehead atoms. The predicted octanol–water partition coefficient (Wildman–Crippen LogP) is 1.69. The molecule has 0 saturated carbocycles. The summed E-state index contributed by atoms with van der Waals surface area (Å²) in [6.45, 7) is 5.74. The smallest absolute Gasteiger partial charge is 0.336 e. The quantitative estimate of drug-likeness (QED) is 0.417. The number of hydrogen-bond donors (Lipinski definition) is 1. The number of carbonyl (C=O) groups excluding carboxylic acids is 1. The van der Waals surface area contributed by atoms with Crippen molar-refractivity contribution >= 4 is 28.6 Å². The molecule has 0 spiro atoms. The van der Waals surface area contributed by atoms with Gasteiger partial charge in [0, 0.05) is 62.6 Å². The molecule has 4 rings (SSSR count). The van der Waals surface area contributed by atoms with Gasteiger partial charge in [-0.3, -0.25) is 23.7 Å². The summed E-state index contributed by atoms with van der Waals surface area (Å²) in [6, 6.07) is 3.32. The van der Waals surface area contributed by atoms with Gasteiger partial charge in [0.2, 0.25) is 11.9 Å². The number of ether oxygens (including phenoxy) is 1. The number of anilines is 2. The maximum absolute atomic E-state index is 12.7. The molecule has 192 valence electrons. The minimum Gasteiger partial charge on any atom is -0.336 e. The van der Waals surface area contributed by atoms with Crippen molar-refractivity contribution in [3.63, 3.8) is 0 Å². The van der Waals surface area contributed by atoms with E-state index in [9.17, 15) is 18.4 Å². The maximum Gasteiger partial charge on any atom is 0.345 e. The van der Waals surface area contributed by atoms with E-state index in [1.165, 1.54) is 23.0 Å². The zero-order valence-electron chi connectivity index (χ0n) is 19.9. The van der Waals surface area contributed by atoms with Crippen molar-refractivity contribution in [1.29, 1.82) is 0 Å². The Morgan fingerprint density at radius 3 is 2.86 bits per heavy atom. The van der Waals surface area contributed by atoms with Crippen molar-refractivity contribution in [3.05, 3.63) is 53.7 Å². The molecule has 3 aromatic heterocycles. The van der Waals surface area contributed by atoms with Gasteiger partial charge in [0.15, 0.2) is 0 Å². The van der Waals surface area contributed by atoms with Gasteiger partial charge in [-0.15, -0.1) is 0 Å². The number of amides is 1. The lowest BCUT2D eigenvalue weighted by atomic mass is 10.2. The fraction of sp³-hybridized carbons (Fsp3) is 0.435. The molecule has 11 nitrogen and oxygen atoms in total. The number of pyridine rings is 1. The van der Waals surface area contributed by atoms with Gasteiger partial charge in [0.05, 0.1) is 25.0 Å². The molecule has 13 heteroatoms. The van der Waals surface area contributed by atoms with Crippen LogP contribution in [0, 0.1) is 0 Å². The van der Waals surface area contributed by atoms with Gasteiger partial charge in [-0.2, -0.15) is 18.9 Å². The molecule has 0 aliphatic carbocycles. The van der Waals surface area contributed by atoms with Crippen LogP contribution in [0.3, 0.4) is 0 Å². The molecule has 1 fully saturated rings. The van der Waals surface area contributed by atoms with Crippen LogP contribution >= 0.6 is 0 Å². The molecule has 0 unspecified atom stereocenters. The first-order valence-corrected chi connectivity index (χ1v) is 11.6. The lowest BCUT2D eigenvalue weighted by Gasteiger charge is -2.39. The third-order valence-electron chi connectivity index (χ3n) is 6.04. The van der Waals surface area contributed by atoms with E-state index in [1.54, 1.807) is 27.9 Å². The summed E-state index contributed by atoms with van der Waals surface area (Å²) >= 11 is 0. The first-order valence-electron chi connectivity index (χ1n) is 11.6. The second-order valence-corrected chi connectivity index (χ2v) is 8.42. The summed E-state index contributed by atoms with van der Waals surface area (Å²) in [5.41, 5.74) is 0.884. The minimum absolute atomic E-state index is 0.0736. The molecule has 36 heavy (non-hydrogen) atoms. The van der Waals surface area contributed by atoms with E-state index in [0.29, 0.717) is 44.1 Å². The molecule has 0 aromatic carbocycles. The molecule has 1 saturated heterocycles. The maximum atomic E-state index is 12.7. The van der Waals surface area contributed by atoms with Gasteiger partial charge in [-0.1, -0.05) is 6.58 Å². The summed E-state index contributed by atoms with van der Waals surface area (Å²) in [5, 5.41) is 7.84. The molecule has 0 radical (unpaired) electrons. The van der Waals surface area contributed by atoms with Crippen LogP contribution < -0.4 is 10.9 Å². The number of halogens is 2.